The molecule has 0 radical (unpaired) electrons. The van der Waals surface area contributed by atoms with Gasteiger partial charge in [-0.1, -0.05) is 21.6 Å². The fourth-order valence-corrected chi connectivity index (χ4v) is 10.2. The van der Waals surface area contributed by atoms with Crippen molar-refractivity contribution < 1.29 is 86.6 Å². The molecule has 1 aliphatic rings. The number of amides is 16. The van der Waals surface area contributed by atoms with E-state index in [0.717, 1.165) is 28.5 Å². The first-order chi connectivity index (χ1) is 43.1. The Bertz CT molecular complexity index is 2920. The number of carbonyl (C=O) groups excluding carboxylic acids is 16. The summed E-state index contributed by atoms with van der Waals surface area (Å²) in [5.41, 5.74) is 22.6. The molecule has 16 amide bonds. The lowest BCUT2D eigenvalue weighted by Crippen LogP contribution is -2.61. The van der Waals surface area contributed by atoms with Crippen molar-refractivity contribution in [3.63, 3.8) is 0 Å². The molecule has 6 unspecified atom stereocenters. The molecule has 8 atom stereocenters. The van der Waals surface area contributed by atoms with Gasteiger partial charge >= 0.3 is 5.97 Å². The Balaban J connectivity index is 2.20. The molecule has 1 aliphatic heterocycles. The molecule has 41 heteroatoms. The van der Waals surface area contributed by atoms with Gasteiger partial charge in [-0.2, -0.15) is 0 Å². The highest BCUT2D eigenvalue weighted by molar-refractivity contribution is 8.76. The van der Waals surface area contributed by atoms with E-state index >= 15 is 0 Å². The van der Waals surface area contributed by atoms with Crippen LogP contribution in [0.5, 0.6) is 0 Å². The van der Waals surface area contributed by atoms with Gasteiger partial charge < -0.3 is 107 Å². The summed E-state index contributed by atoms with van der Waals surface area (Å²) >= 11 is 0. The van der Waals surface area contributed by atoms with Crippen molar-refractivity contribution in [2.24, 2.45) is 22.9 Å². The van der Waals surface area contributed by atoms with E-state index in [9.17, 15) is 81.5 Å². The Kier molecular flexibility index (Phi) is 33.0. The van der Waals surface area contributed by atoms with E-state index in [-0.39, 0.29) is 30.8 Å². The molecule has 0 spiro atoms. The van der Waals surface area contributed by atoms with E-state index in [0.29, 0.717) is 6.42 Å². The van der Waals surface area contributed by atoms with Crippen LogP contribution in [0.3, 0.4) is 0 Å². The highest BCUT2D eigenvalue weighted by Gasteiger charge is 2.36. The number of imidazole rings is 2. The maximum atomic E-state index is 14.4. The number of hydrogen-bond acceptors (Lipinski definition) is 22. The number of aliphatic carboxylic acids is 1. The summed E-state index contributed by atoms with van der Waals surface area (Å²) in [7, 11) is 1.55. The van der Waals surface area contributed by atoms with E-state index in [2.05, 4.69) is 83.7 Å². The smallest absolute Gasteiger partial charge is 0.322 e. The number of aromatic nitrogens is 4. The fourth-order valence-electron chi connectivity index (χ4n) is 7.92. The minimum absolute atomic E-state index is 0.128. The Morgan fingerprint density at radius 1 is 0.538 bits per heavy atom. The Labute approximate surface area is 525 Å². The number of H-pyrrole nitrogens is 2. The SMILES string of the molecule is CC(=O)NCC(=O)NC1CSSCC(C(=O)NCC(=O)NCC(=O)NCC(=O)O)NC(=O)CNC(=O)C(CCCCN)NC(=O)C(CCC(N)=O)NC(=O)[C@H](Cc2cnc[nH]2)NC(=O)C(CCC(N)=O)NC(=O)[C@H](Cc2cnc[nH]2)NC(=O)C(CC(N)=O)NC1=O. The van der Waals surface area contributed by atoms with E-state index < -0.39 is 238 Å². The van der Waals surface area contributed by atoms with Gasteiger partial charge in [0.25, 0.3) is 0 Å². The third-order valence-corrected chi connectivity index (χ3v) is 15.0. The molecule has 500 valence electrons. The molecule has 39 nitrogen and oxygen atoms in total. The monoisotopic (exact) mass is 1320 g/mol. The molecule has 3 rings (SSSR count). The zero-order valence-corrected chi connectivity index (χ0v) is 50.7. The van der Waals surface area contributed by atoms with Crippen LogP contribution in [0, 0.1) is 0 Å². The molecule has 0 saturated carbocycles. The Morgan fingerprint density at radius 2 is 1.00 bits per heavy atom. The van der Waals surface area contributed by atoms with Gasteiger partial charge in [0.15, 0.2) is 0 Å². The second-order valence-corrected chi connectivity index (χ2v) is 22.5. The lowest BCUT2D eigenvalue weighted by Gasteiger charge is -2.27. The molecule has 0 aliphatic carbocycles. The van der Waals surface area contributed by atoms with Gasteiger partial charge in [-0.05, 0) is 38.6 Å². The van der Waals surface area contributed by atoms with Crippen LogP contribution in [0.2, 0.25) is 0 Å². The van der Waals surface area contributed by atoms with Crippen molar-refractivity contribution in [2.45, 2.75) is 119 Å². The predicted octanol–water partition coefficient (Wildman–Crippen LogP) is -10.6. The molecule has 1 fully saturated rings. The van der Waals surface area contributed by atoms with Gasteiger partial charge in [0, 0.05) is 67.9 Å². The second-order valence-electron chi connectivity index (χ2n) is 20.0. The maximum absolute atomic E-state index is 14.4. The summed E-state index contributed by atoms with van der Waals surface area (Å²) in [6.07, 6.45) is 1.52. The van der Waals surface area contributed by atoms with Crippen LogP contribution in [-0.4, -0.2) is 225 Å². The van der Waals surface area contributed by atoms with Crippen LogP contribution in [0.25, 0.3) is 0 Å². The summed E-state index contributed by atoms with van der Waals surface area (Å²) in [5, 5.41) is 39.1. The van der Waals surface area contributed by atoms with Gasteiger partial charge in [0.1, 0.15) is 54.9 Å². The number of aromatic amines is 2. The molecule has 3 heterocycles. The summed E-state index contributed by atoms with van der Waals surface area (Å²) in [6.45, 7) is -2.60. The summed E-state index contributed by atoms with van der Waals surface area (Å²) in [4.78, 5) is 238. The zero-order valence-electron chi connectivity index (χ0n) is 49.1. The first-order valence-electron chi connectivity index (χ1n) is 27.8. The third kappa shape index (κ3) is 30.2. The second kappa shape index (κ2) is 39.9. The Hall–Kier alpha value is -9.93. The summed E-state index contributed by atoms with van der Waals surface area (Å²) in [6, 6.07) is -13.6. The highest BCUT2D eigenvalue weighted by Crippen LogP contribution is 2.23. The number of rotatable bonds is 26. The van der Waals surface area contributed by atoms with Crippen molar-refractivity contribution in [1.82, 2.24) is 89.1 Å². The van der Waals surface area contributed by atoms with Gasteiger partial charge in [0.2, 0.25) is 94.5 Å². The van der Waals surface area contributed by atoms with Crippen molar-refractivity contribution in [3.05, 3.63) is 36.4 Å². The van der Waals surface area contributed by atoms with Gasteiger partial charge in [-0.15, -0.1) is 0 Å². The van der Waals surface area contributed by atoms with Crippen LogP contribution in [0.1, 0.15) is 69.7 Å². The maximum Gasteiger partial charge on any atom is 0.322 e. The number of primary amides is 3. The van der Waals surface area contributed by atoms with Crippen molar-refractivity contribution >= 4 is 122 Å². The van der Waals surface area contributed by atoms with Gasteiger partial charge in [-0.3, -0.25) is 81.5 Å². The lowest BCUT2D eigenvalue weighted by atomic mass is 10.0. The van der Waals surface area contributed by atoms with Crippen molar-refractivity contribution in [3.8, 4) is 0 Å². The number of unbranched alkanes of at least 4 members (excludes halogenated alkanes) is 1. The van der Waals surface area contributed by atoms with E-state index in [1.54, 1.807) is 0 Å². The first-order valence-corrected chi connectivity index (χ1v) is 30.3. The number of carboxylic acid groups (broad SMARTS) is 1. The number of carbonyl (C=O) groups is 17. The van der Waals surface area contributed by atoms with Crippen molar-refractivity contribution in [1.29, 1.82) is 0 Å². The molecule has 0 aromatic carbocycles. The van der Waals surface area contributed by atoms with Crippen LogP contribution < -0.4 is 92.1 Å². The zero-order chi connectivity index (χ0) is 67.6. The van der Waals surface area contributed by atoms with Crippen LogP contribution >= 0.6 is 21.6 Å². The summed E-state index contributed by atoms with van der Waals surface area (Å²) < 4.78 is 0. The van der Waals surface area contributed by atoms with Crippen LogP contribution in [0.4, 0.5) is 0 Å². The average molecular weight is 1320 g/mol. The average Bonchev–Trinajstić information content (AvgIpc) is 4.33. The molecule has 24 N–H and O–H groups in total. The molecule has 91 heavy (non-hydrogen) atoms. The number of nitrogens with zero attached hydrogens (tertiary/aromatic N) is 2. The molecule has 1 saturated heterocycles. The first kappa shape index (κ1) is 75.3. The van der Waals surface area contributed by atoms with Crippen LogP contribution in [0.15, 0.2) is 25.0 Å². The molecular formula is C50H75N21O18S2. The van der Waals surface area contributed by atoms with E-state index in [1.165, 1.54) is 25.0 Å². The number of hydrogen-bond donors (Lipinski definition) is 20. The van der Waals surface area contributed by atoms with Crippen molar-refractivity contribution in [2.75, 3.05) is 50.8 Å². The standard InChI is InChI=1S/C50H75N21O18S2/c1-24(72)57-17-40(78)65-34-21-91-90-20-33(44(83)60-16-39(77)58-15-38(76)59-19-42(80)81)64-41(79)18-61-43(82)27(4-2-3-9-51)66-45(84)28(5-7-35(52)73)67-47(86)30(10-25-13-55-22-62-25)69-46(85)29(6-8-36(53)74)68-48(87)31(11-26-14-56-23-63-26)70-49(88)32(12-37(54)75)71-50(34)89/h13-14,22-23,27-34H,2-12,15-21,51H2,1H3,(H2,52,73)(H2,53,74)(H2,54,75)(H,55,62)(H,56,63)(H,57,72)(H,58,77)(H,59,76)(H,60,83)(H,61,82)(H,64,79)(H,65,78)(H,66,84)(H,67,86)(H,68,87)(H,69,85)(H,70,88)(H,71,89)(H,80,81)/t27?,28?,29?,30-,31-,32?,33?,34?/m0/s1. The van der Waals surface area contributed by atoms with E-state index in [1.807, 2.05) is 5.32 Å². The molecule has 2 aromatic rings. The van der Waals surface area contributed by atoms with Crippen LogP contribution in [-0.2, 0) is 94.3 Å². The Morgan fingerprint density at radius 3 is 1.48 bits per heavy atom. The topological polar surface area (TPSA) is 628 Å². The largest absolute Gasteiger partial charge is 0.480 e. The predicted molar refractivity (Wildman–Crippen MR) is 317 cm³/mol. The minimum atomic E-state index is -1.93. The highest BCUT2D eigenvalue weighted by atomic mass is 33.1. The lowest BCUT2D eigenvalue weighted by molar-refractivity contribution is -0.138. The third-order valence-electron chi connectivity index (χ3n) is 12.6. The van der Waals surface area contributed by atoms with Gasteiger partial charge in [-0.25, -0.2) is 9.97 Å². The molecule has 0 bridgehead atoms. The molecular weight excluding hydrogens is 1250 g/mol. The summed E-state index contributed by atoms with van der Waals surface area (Å²) in [5.74, 6) is -18.7. The van der Waals surface area contributed by atoms with Gasteiger partial charge in [0.05, 0.1) is 45.3 Å². The molecule has 2 aromatic heterocycles. The number of carboxylic acids is 1. The normalized spacial score (nSPS) is 21.2. The quantitative estimate of drug-likeness (QED) is 0.0307. The van der Waals surface area contributed by atoms with E-state index in [4.69, 9.17) is 28.0 Å². The fraction of sp³-hybridized carbons (Fsp3) is 0.540. The number of nitrogens with two attached hydrogens (primary N) is 4. The number of nitrogens with one attached hydrogen (secondary N) is 15. The minimum Gasteiger partial charge on any atom is -0.480 e.